The Hall–Kier alpha value is -1.06. The molecule has 0 unspecified atom stereocenters. The van der Waals surface area contributed by atoms with E-state index in [1.54, 1.807) is 0 Å². The number of carbonyl (C=O) groups excluding carboxylic acids is 2. The maximum Gasteiger partial charge on any atom is 0.217 e. The van der Waals surface area contributed by atoms with Crippen LogP contribution in [0, 0.1) is 0 Å². The van der Waals surface area contributed by atoms with Gasteiger partial charge in [-0.3, -0.25) is 9.59 Å². The molecule has 0 heterocycles. The summed E-state index contributed by atoms with van der Waals surface area (Å²) in [6, 6.07) is 0. The van der Waals surface area contributed by atoms with Crippen molar-refractivity contribution < 1.29 is 9.59 Å². The molecule has 0 atom stereocenters. The van der Waals surface area contributed by atoms with Crippen LogP contribution in [0.5, 0.6) is 0 Å². The van der Waals surface area contributed by atoms with E-state index < -0.39 is 0 Å². The van der Waals surface area contributed by atoms with Crippen molar-refractivity contribution in [1.29, 1.82) is 0 Å². The molecule has 4 nitrogen and oxygen atoms in total. The Balaban J connectivity index is 3.05. The number of hydrogen-bond donors (Lipinski definition) is 2. The average molecular weight is 691 g/mol. The molecule has 2 amide bonds. The fourth-order valence-corrected chi connectivity index (χ4v) is 7.49. The van der Waals surface area contributed by atoms with Crippen LogP contribution >= 0.6 is 0 Å². The van der Waals surface area contributed by atoms with Crippen LogP contribution in [0.4, 0.5) is 0 Å². The Morgan fingerprint density at radius 2 is 0.265 bits per heavy atom. The molecule has 0 fully saturated rings. The van der Waals surface area contributed by atoms with Crippen LogP contribution in [0.3, 0.4) is 0 Å². The van der Waals surface area contributed by atoms with Crippen LogP contribution in [-0.2, 0) is 9.59 Å². The molecule has 0 bridgehead atoms. The molecular formula is C45H90N2O2. The Labute approximate surface area is 308 Å². The van der Waals surface area contributed by atoms with Crippen LogP contribution in [0.15, 0.2) is 0 Å². The smallest absolute Gasteiger partial charge is 0.217 e. The minimum Gasteiger partial charge on any atom is -0.370 e. The summed E-state index contributed by atoms with van der Waals surface area (Å²) in [5, 5.41) is 0. The highest BCUT2D eigenvalue weighted by atomic mass is 16.1. The second-order valence-corrected chi connectivity index (χ2v) is 15.9. The lowest BCUT2D eigenvalue weighted by Gasteiger charge is -2.05. The van der Waals surface area contributed by atoms with E-state index >= 15 is 0 Å². The molecule has 49 heavy (non-hydrogen) atoms. The third-order valence-electron chi connectivity index (χ3n) is 10.8. The van der Waals surface area contributed by atoms with Gasteiger partial charge in [0.15, 0.2) is 0 Å². The largest absolute Gasteiger partial charge is 0.370 e. The third-order valence-corrected chi connectivity index (χ3v) is 10.8. The van der Waals surface area contributed by atoms with E-state index in [2.05, 4.69) is 0 Å². The predicted octanol–water partition coefficient (Wildman–Crippen LogP) is 14.7. The third kappa shape index (κ3) is 46.9. The molecule has 0 aliphatic carbocycles. The van der Waals surface area contributed by atoms with E-state index in [4.69, 9.17) is 11.5 Å². The van der Waals surface area contributed by atoms with E-state index in [0.29, 0.717) is 12.8 Å². The van der Waals surface area contributed by atoms with Gasteiger partial charge in [-0.2, -0.15) is 0 Å². The fraction of sp³-hybridized carbons (Fsp3) is 0.956. The molecule has 0 aliphatic heterocycles. The van der Waals surface area contributed by atoms with Gasteiger partial charge < -0.3 is 11.5 Å². The zero-order valence-electron chi connectivity index (χ0n) is 33.4. The van der Waals surface area contributed by atoms with Gasteiger partial charge in [0.1, 0.15) is 0 Å². The molecule has 292 valence electrons. The van der Waals surface area contributed by atoms with Gasteiger partial charge in [-0.25, -0.2) is 0 Å². The summed E-state index contributed by atoms with van der Waals surface area (Å²) in [4.78, 5) is 21.4. The van der Waals surface area contributed by atoms with Crippen LogP contribution in [0.1, 0.15) is 276 Å². The van der Waals surface area contributed by atoms with E-state index in [9.17, 15) is 9.59 Å². The first kappa shape index (κ1) is 47.9. The normalized spacial score (nSPS) is 11.4. The van der Waals surface area contributed by atoms with Gasteiger partial charge >= 0.3 is 0 Å². The van der Waals surface area contributed by atoms with Crippen molar-refractivity contribution >= 4 is 11.8 Å². The van der Waals surface area contributed by atoms with Gasteiger partial charge in [-0.1, -0.05) is 250 Å². The van der Waals surface area contributed by atoms with Gasteiger partial charge in [-0.15, -0.1) is 0 Å². The quantitative estimate of drug-likeness (QED) is 0.0623. The zero-order valence-corrected chi connectivity index (χ0v) is 33.4. The van der Waals surface area contributed by atoms with E-state index in [0.717, 1.165) is 12.8 Å². The summed E-state index contributed by atoms with van der Waals surface area (Å²) in [6.45, 7) is 0. The molecule has 0 aromatic rings. The second-order valence-electron chi connectivity index (χ2n) is 15.9. The lowest BCUT2D eigenvalue weighted by atomic mass is 10.0. The number of nitrogens with two attached hydrogens (primary N) is 2. The van der Waals surface area contributed by atoms with Gasteiger partial charge in [0.25, 0.3) is 0 Å². The summed E-state index contributed by atoms with van der Waals surface area (Å²) in [5.41, 5.74) is 10.4. The van der Waals surface area contributed by atoms with Crippen molar-refractivity contribution in [3.8, 4) is 0 Å². The van der Waals surface area contributed by atoms with Crippen molar-refractivity contribution in [1.82, 2.24) is 0 Å². The highest BCUT2D eigenvalue weighted by Gasteiger charge is 1.99. The van der Waals surface area contributed by atoms with Gasteiger partial charge in [0, 0.05) is 12.8 Å². The molecule has 0 radical (unpaired) electrons. The summed E-state index contributed by atoms with van der Waals surface area (Å²) in [7, 11) is 0. The first-order chi connectivity index (χ1) is 24.1. The van der Waals surface area contributed by atoms with Crippen molar-refractivity contribution in [2.24, 2.45) is 11.5 Å². The predicted molar refractivity (Wildman–Crippen MR) is 217 cm³/mol. The number of carbonyl (C=O) groups is 2. The minimum absolute atomic E-state index is 0.150. The number of amides is 2. The Morgan fingerprint density at radius 3 is 0.347 bits per heavy atom. The van der Waals surface area contributed by atoms with Gasteiger partial charge in [-0.05, 0) is 12.8 Å². The lowest BCUT2D eigenvalue weighted by Crippen LogP contribution is -2.09. The molecule has 0 aromatic carbocycles. The lowest BCUT2D eigenvalue weighted by molar-refractivity contribution is -0.119. The standard InChI is InChI=1S/C45H90N2O2/c46-44(48)42-40-38-36-34-32-30-28-26-24-22-20-18-16-14-12-10-8-6-4-2-1-3-5-7-9-11-13-15-17-19-21-23-25-27-29-31-33-35-37-39-41-43-45(47)49/h1-43H2,(H2,46,48)(H2,47,49). The van der Waals surface area contributed by atoms with Gasteiger partial charge in [0.05, 0.1) is 0 Å². The minimum atomic E-state index is -0.150. The summed E-state index contributed by atoms with van der Waals surface area (Å²) >= 11 is 0. The number of unbranched alkanes of at least 4 members (excludes halogenated alkanes) is 40. The molecule has 0 aromatic heterocycles. The Bertz CT molecular complexity index is 598. The van der Waals surface area contributed by atoms with Crippen LogP contribution in [0.2, 0.25) is 0 Å². The second kappa shape index (κ2) is 43.1. The molecule has 4 heteroatoms. The highest BCUT2D eigenvalue weighted by molar-refractivity contribution is 5.73. The molecule has 0 aliphatic rings. The Kier molecular flexibility index (Phi) is 42.2. The van der Waals surface area contributed by atoms with Crippen LogP contribution in [-0.4, -0.2) is 11.8 Å². The zero-order chi connectivity index (χ0) is 35.6. The van der Waals surface area contributed by atoms with Crippen LogP contribution in [0.25, 0.3) is 0 Å². The van der Waals surface area contributed by atoms with E-state index in [-0.39, 0.29) is 11.8 Å². The topological polar surface area (TPSA) is 86.2 Å². The first-order valence-corrected chi connectivity index (χ1v) is 22.7. The molecule has 0 saturated heterocycles. The average Bonchev–Trinajstić information content (AvgIpc) is 3.08. The van der Waals surface area contributed by atoms with Crippen molar-refractivity contribution in [2.45, 2.75) is 276 Å². The Morgan fingerprint density at radius 1 is 0.184 bits per heavy atom. The maximum atomic E-state index is 10.7. The fourth-order valence-electron chi connectivity index (χ4n) is 7.49. The van der Waals surface area contributed by atoms with E-state index in [1.165, 1.54) is 250 Å². The molecule has 4 N–H and O–H groups in total. The monoisotopic (exact) mass is 691 g/mol. The molecule has 0 saturated carbocycles. The summed E-state index contributed by atoms with van der Waals surface area (Å²) in [5.74, 6) is -0.300. The van der Waals surface area contributed by atoms with Crippen LogP contribution < -0.4 is 11.5 Å². The SMILES string of the molecule is NC(=O)CCCCCCCCCCCCCCCCCCCCCCCCCCCCCCCCCCCCCCCCCCCC(N)=O. The summed E-state index contributed by atoms with van der Waals surface area (Å²) in [6.07, 6.45) is 58.3. The first-order valence-electron chi connectivity index (χ1n) is 22.7. The molecule has 0 spiro atoms. The molecule has 0 rings (SSSR count). The summed E-state index contributed by atoms with van der Waals surface area (Å²) < 4.78 is 0. The van der Waals surface area contributed by atoms with Crippen molar-refractivity contribution in [2.75, 3.05) is 0 Å². The number of primary amides is 2. The van der Waals surface area contributed by atoms with Crippen molar-refractivity contribution in [3.63, 3.8) is 0 Å². The maximum absolute atomic E-state index is 10.7. The highest BCUT2D eigenvalue weighted by Crippen LogP contribution is 2.18. The number of rotatable bonds is 44. The number of hydrogen-bond acceptors (Lipinski definition) is 2. The molecular weight excluding hydrogens is 601 g/mol. The van der Waals surface area contributed by atoms with E-state index in [1.807, 2.05) is 0 Å². The van der Waals surface area contributed by atoms with Crippen molar-refractivity contribution in [3.05, 3.63) is 0 Å². The van der Waals surface area contributed by atoms with Gasteiger partial charge in [0.2, 0.25) is 11.8 Å².